The third-order valence-corrected chi connectivity index (χ3v) is 3.10. The molecule has 94 valence electrons. The van der Waals surface area contributed by atoms with E-state index in [4.69, 9.17) is 11.6 Å². The molecule has 0 aliphatic rings. The van der Waals surface area contributed by atoms with Crippen molar-refractivity contribution < 1.29 is 9.50 Å². The Morgan fingerprint density at radius 2 is 2.17 bits per heavy atom. The van der Waals surface area contributed by atoms with Crippen molar-refractivity contribution in [1.29, 1.82) is 0 Å². The number of hydrogen-bond donors (Lipinski definition) is 1. The van der Waals surface area contributed by atoms with Crippen molar-refractivity contribution in [2.24, 2.45) is 0 Å². The smallest absolute Gasteiger partial charge is 0.127 e. The highest BCUT2D eigenvalue weighted by Gasteiger charge is 2.14. The third kappa shape index (κ3) is 2.86. The summed E-state index contributed by atoms with van der Waals surface area (Å²) in [6, 6.07) is 6.27. The van der Waals surface area contributed by atoms with E-state index in [1.807, 2.05) is 13.0 Å². The molecule has 2 nitrogen and oxygen atoms in total. The van der Waals surface area contributed by atoms with Crippen LogP contribution in [-0.2, 0) is 6.42 Å². The summed E-state index contributed by atoms with van der Waals surface area (Å²) in [6.45, 7) is 1.89. The van der Waals surface area contributed by atoms with Crippen molar-refractivity contribution in [2.75, 3.05) is 0 Å². The highest BCUT2D eigenvalue weighted by Crippen LogP contribution is 2.23. The lowest BCUT2D eigenvalue weighted by molar-refractivity contribution is 0.176. The first-order valence-electron chi connectivity index (χ1n) is 5.60. The van der Waals surface area contributed by atoms with Crippen LogP contribution in [0.25, 0.3) is 0 Å². The Balaban J connectivity index is 2.21. The largest absolute Gasteiger partial charge is 0.388 e. The maximum absolute atomic E-state index is 13.6. The highest BCUT2D eigenvalue weighted by molar-refractivity contribution is 6.30. The highest BCUT2D eigenvalue weighted by atomic mass is 35.5. The number of aliphatic hydroxyl groups is 1. The zero-order valence-electron chi connectivity index (χ0n) is 9.90. The molecule has 0 fully saturated rings. The number of aliphatic hydroxyl groups excluding tert-OH is 1. The molecule has 0 aliphatic carbocycles. The van der Waals surface area contributed by atoms with Crippen LogP contribution in [-0.4, -0.2) is 10.1 Å². The van der Waals surface area contributed by atoms with Crippen molar-refractivity contribution in [3.63, 3.8) is 0 Å². The number of pyridine rings is 1. The Morgan fingerprint density at radius 3 is 2.83 bits per heavy atom. The summed E-state index contributed by atoms with van der Waals surface area (Å²) >= 11 is 5.68. The van der Waals surface area contributed by atoms with E-state index in [2.05, 4.69) is 4.98 Å². The van der Waals surface area contributed by atoms with E-state index >= 15 is 0 Å². The van der Waals surface area contributed by atoms with Crippen LogP contribution in [0.1, 0.15) is 22.8 Å². The van der Waals surface area contributed by atoms with Crippen molar-refractivity contribution in [3.8, 4) is 0 Å². The normalized spacial score (nSPS) is 12.4. The van der Waals surface area contributed by atoms with Gasteiger partial charge in [0.15, 0.2) is 0 Å². The van der Waals surface area contributed by atoms with Gasteiger partial charge in [-0.2, -0.15) is 0 Å². The molecular weight excluding hydrogens is 253 g/mol. The van der Waals surface area contributed by atoms with E-state index in [0.717, 1.165) is 5.56 Å². The Morgan fingerprint density at radius 1 is 1.39 bits per heavy atom. The first-order chi connectivity index (χ1) is 8.58. The standard InChI is InChI=1S/C14H13ClFNO/c1-9-4-5-17-8-12(9)14(18)6-10-2-3-11(15)7-13(10)16/h2-5,7-8,14,18H,6H2,1H3. The van der Waals surface area contributed by atoms with Crippen LogP contribution in [0, 0.1) is 12.7 Å². The summed E-state index contributed by atoms with van der Waals surface area (Å²) < 4.78 is 13.6. The molecule has 1 unspecified atom stereocenters. The molecule has 18 heavy (non-hydrogen) atoms. The molecule has 1 atom stereocenters. The minimum absolute atomic E-state index is 0.204. The lowest BCUT2D eigenvalue weighted by atomic mass is 9.99. The average Bonchev–Trinajstić information content (AvgIpc) is 2.33. The van der Waals surface area contributed by atoms with Gasteiger partial charge in [-0.05, 0) is 36.2 Å². The second-order valence-electron chi connectivity index (χ2n) is 4.19. The van der Waals surface area contributed by atoms with Crippen LogP contribution in [0.3, 0.4) is 0 Å². The fourth-order valence-electron chi connectivity index (χ4n) is 1.83. The van der Waals surface area contributed by atoms with Gasteiger partial charge in [0.1, 0.15) is 5.82 Å². The van der Waals surface area contributed by atoms with Crippen LogP contribution in [0.5, 0.6) is 0 Å². The van der Waals surface area contributed by atoms with E-state index in [9.17, 15) is 9.50 Å². The molecule has 4 heteroatoms. The van der Waals surface area contributed by atoms with Gasteiger partial charge >= 0.3 is 0 Å². The molecule has 0 spiro atoms. The van der Waals surface area contributed by atoms with Crippen LogP contribution in [0.4, 0.5) is 4.39 Å². The topological polar surface area (TPSA) is 33.1 Å². The summed E-state index contributed by atoms with van der Waals surface area (Å²) in [7, 11) is 0. The van der Waals surface area contributed by atoms with Gasteiger partial charge in [-0.15, -0.1) is 0 Å². The molecule has 1 aromatic carbocycles. The molecule has 0 saturated carbocycles. The zero-order valence-corrected chi connectivity index (χ0v) is 10.7. The first kappa shape index (κ1) is 13.0. The maximum atomic E-state index is 13.6. The van der Waals surface area contributed by atoms with Gasteiger partial charge in [0.25, 0.3) is 0 Å². The lowest BCUT2D eigenvalue weighted by Gasteiger charge is -2.13. The Hall–Kier alpha value is -1.45. The quantitative estimate of drug-likeness (QED) is 0.922. The molecule has 2 aromatic rings. The van der Waals surface area contributed by atoms with Crippen molar-refractivity contribution >= 4 is 11.6 Å². The number of aromatic nitrogens is 1. The summed E-state index contributed by atoms with van der Waals surface area (Å²) in [5, 5.41) is 10.5. The van der Waals surface area contributed by atoms with Gasteiger partial charge in [0, 0.05) is 29.4 Å². The summed E-state index contributed by atoms with van der Waals surface area (Å²) in [4.78, 5) is 3.97. The van der Waals surface area contributed by atoms with E-state index in [1.165, 1.54) is 6.07 Å². The Bertz CT molecular complexity index is 559. The summed E-state index contributed by atoms with van der Waals surface area (Å²) in [6.07, 6.45) is 2.70. The first-order valence-corrected chi connectivity index (χ1v) is 5.98. The summed E-state index contributed by atoms with van der Waals surface area (Å²) in [5.74, 6) is -0.400. The van der Waals surface area contributed by atoms with Crippen LogP contribution < -0.4 is 0 Å². The molecule has 0 amide bonds. The van der Waals surface area contributed by atoms with Gasteiger partial charge in [0.05, 0.1) is 6.10 Å². The number of nitrogens with zero attached hydrogens (tertiary/aromatic N) is 1. The lowest BCUT2D eigenvalue weighted by Crippen LogP contribution is -2.05. The molecule has 0 saturated heterocycles. The minimum atomic E-state index is -0.769. The maximum Gasteiger partial charge on any atom is 0.127 e. The number of aryl methyl sites for hydroxylation is 1. The Kier molecular flexibility index (Phi) is 3.94. The number of rotatable bonds is 3. The monoisotopic (exact) mass is 265 g/mol. The molecular formula is C14H13ClFNO. The molecule has 2 rings (SSSR count). The van der Waals surface area contributed by atoms with Crippen molar-refractivity contribution in [1.82, 2.24) is 4.98 Å². The summed E-state index contributed by atoms with van der Waals surface area (Å²) in [5.41, 5.74) is 2.09. The fourth-order valence-corrected chi connectivity index (χ4v) is 1.99. The molecule has 0 aliphatic heterocycles. The molecule has 1 heterocycles. The fraction of sp³-hybridized carbons (Fsp3) is 0.214. The number of benzene rings is 1. The Labute approximate surface area is 110 Å². The third-order valence-electron chi connectivity index (χ3n) is 2.87. The van der Waals surface area contributed by atoms with Gasteiger partial charge in [-0.3, -0.25) is 4.98 Å². The van der Waals surface area contributed by atoms with Crippen molar-refractivity contribution in [2.45, 2.75) is 19.4 Å². The van der Waals surface area contributed by atoms with Crippen LogP contribution in [0.2, 0.25) is 5.02 Å². The zero-order chi connectivity index (χ0) is 13.1. The predicted octanol–water partition coefficient (Wildman–Crippen LogP) is 3.46. The van der Waals surface area contributed by atoms with E-state index in [0.29, 0.717) is 16.1 Å². The minimum Gasteiger partial charge on any atom is -0.388 e. The average molecular weight is 266 g/mol. The van der Waals surface area contributed by atoms with Gasteiger partial charge in [-0.1, -0.05) is 17.7 Å². The van der Waals surface area contributed by atoms with E-state index in [-0.39, 0.29) is 6.42 Å². The van der Waals surface area contributed by atoms with Crippen molar-refractivity contribution in [3.05, 3.63) is 64.2 Å². The predicted molar refractivity (Wildman–Crippen MR) is 69.0 cm³/mol. The van der Waals surface area contributed by atoms with Gasteiger partial charge in [-0.25, -0.2) is 4.39 Å². The van der Waals surface area contributed by atoms with E-state index in [1.54, 1.807) is 24.5 Å². The van der Waals surface area contributed by atoms with Crippen LogP contribution >= 0.6 is 11.6 Å². The number of halogens is 2. The molecule has 1 aromatic heterocycles. The SMILES string of the molecule is Cc1ccncc1C(O)Cc1ccc(Cl)cc1F. The molecule has 0 radical (unpaired) electrons. The number of hydrogen-bond acceptors (Lipinski definition) is 2. The second-order valence-corrected chi connectivity index (χ2v) is 4.62. The van der Waals surface area contributed by atoms with Gasteiger partial charge in [0.2, 0.25) is 0 Å². The van der Waals surface area contributed by atoms with Crippen LogP contribution in [0.15, 0.2) is 36.7 Å². The molecule has 0 bridgehead atoms. The van der Waals surface area contributed by atoms with E-state index < -0.39 is 11.9 Å². The molecule has 1 N–H and O–H groups in total. The second kappa shape index (κ2) is 5.46. The van der Waals surface area contributed by atoms with Gasteiger partial charge < -0.3 is 5.11 Å².